The first-order valence-corrected chi connectivity index (χ1v) is 12.0. The Morgan fingerprint density at radius 3 is 2.69 bits per heavy atom. The Kier molecular flexibility index (Phi) is 7.18. The fraction of sp³-hybridized carbons (Fsp3) is 0.296. The van der Waals surface area contributed by atoms with Gasteiger partial charge in [-0.25, -0.2) is 4.39 Å². The van der Waals surface area contributed by atoms with Crippen LogP contribution in [0.4, 0.5) is 4.39 Å². The first-order chi connectivity index (χ1) is 17.0. The van der Waals surface area contributed by atoms with Crippen LogP contribution in [0.3, 0.4) is 0 Å². The van der Waals surface area contributed by atoms with Crippen molar-refractivity contribution in [3.63, 3.8) is 0 Å². The molecule has 1 saturated heterocycles. The Balaban J connectivity index is 1.11. The highest BCUT2D eigenvalue weighted by Gasteiger charge is 2.22. The van der Waals surface area contributed by atoms with E-state index in [2.05, 4.69) is 10.1 Å². The second-order valence-corrected chi connectivity index (χ2v) is 9.18. The van der Waals surface area contributed by atoms with Crippen molar-refractivity contribution in [2.75, 3.05) is 26.2 Å². The number of fused-ring (bicyclic) bond motifs is 1. The van der Waals surface area contributed by atoms with Crippen LogP contribution in [-0.2, 0) is 0 Å². The molecule has 2 heterocycles. The number of hydrogen-bond donors (Lipinski definition) is 1. The first-order valence-electron chi connectivity index (χ1n) is 11.6. The lowest BCUT2D eigenvalue weighted by Crippen LogP contribution is -2.43. The largest absolute Gasteiger partial charge is 0.491 e. The third kappa shape index (κ3) is 5.93. The van der Waals surface area contributed by atoms with Crippen LogP contribution in [0.15, 0.2) is 71.3 Å². The maximum atomic E-state index is 13.4. The molecule has 1 N–H and O–H groups in total. The first kappa shape index (κ1) is 23.6. The Hall–Kier alpha value is -3.13. The van der Waals surface area contributed by atoms with E-state index >= 15 is 0 Å². The number of aliphatic hydroxyl groups is 1. The van der Waals surface area contributed by atoms with Gasteiger partial charge in [0.25, 0.3) is 0 Å². The van der Waals surface area contributed by atoms with Gasteiger partial charge in [-0.2, -0.15) is 0 Å². The summed E-state index contributed by atoms with van der Waals surface area (Å²) in [6.45, 7) is 2.39. The van der Waals surface area contributed by atoms with Gasteiger partial charge in [0.05, 0.1) is 0 Å². The quantitative estimate of drug-likeness (QED) is 0.344. The summed E-state index contributed by atoms with van der Waals surface area (Å²) in [6, 6.07) is 19.2. The van der Waals surface area contributed by atoms with E-state index in [-0.39, 0.29) is 18.5 Å². The Labute approximate surface area is 207 Å². The molecule has 35 heavy (non-hydrogen) atoms. The van der Waals surface area contributed by atoms with Crippen molar-refractivity contribution in [3.8, 4) is 22.8 Å². The molecule has 6 nitrogen and oxygen atoms in total. The maximum Gasteiger partial charge on any atom is 0.170 e. The zero-order valence-corrected chi connectivity index (χ0v) is 19.8. The van der Waals surface area contributed by atoms with Gasteiger partial charge < -0.3 is 24.0 Å². The highest BCUT2D eigenvalue weighted by atomic mass is 35.5. The van der Waals surface area contributed by atoms with Crippen molar-refractivity contribution in [2.45, 2.75) is 25.0 Å². The summed E-state index contributed by atoms with van der Waals surface area (Å²) >= 11 is 6.03. The zero-order chi connectivity index (χ0) is 24.2. The molecule has 1 fully saturated rings. The second-order valence-electron chi connectivity index (χ2n) is 8.74. The maximum absolute atomic E-state index is 13.4. The summed E-state index contributed by atoms with van der Waals surface area (Å²) in [6.07, 6.45) is 1.29. The highest BCUT2D eigenvalue weighted by molar-refractivity contribution is 6.30. The van der Waals surface area contributed by atoms with E-state index < -0.39 is 6.10 Å². The second kappa shape index (κ2) is 10.6. The lowest BCUT2D eigenvalue weighted by molar-refractivity contribution is 0.0402. The molecule has 0 unspecified atom stereocenters. The predicted octanol–water partition coefficient (Wildman–Crippen LogP) is 5.57. The van der Waals surface area contributed by atoms with Crippen LogP contribution in [0.2, 0.25) is 5.02 Å². The third-order valence-corrected chi connectivity index (χ3v) is 6.32. The molecule has 5 rings (SSSR count). The minimum absolute atomic E-state index is 0.143. The van der Waals surface area contributed by atoms with E-state index in [0.29, 0.717) is 28.6 Å². The summed E-state index contributed by atoms with van der Waals surface area (Å²) in [5.41, 5.74) is 1.81. The van der Waals surface area contributed by atoms with Crippen LogP contribution in [0.1, 0.15) is 12.8 Å². The number of piperidine rings is 1. The summed E-state index contributed by atoms with van der Waals surface area (Å²) in [4.78, 5) is 2.23. The van der Waals surface area contributed by atoms with Gasteiger partial charge in [0.15, 0.2) is 5.58 Å². The van der Waals surface area contributed by atoms with Gasteiger partial charge in [-0.05, 0) is 55.3 Å². The van der Waals surface area contributed by atoms with Crippen LogP contribution in [-0.4, -0.2) is 53.6 Å². The third-order valence-electron chi connectivity index (χ3n) is 6.09. The van der Waals surface area contributed by atoms with Crippen LogP contribution in [0, 0.1) is 5.82 Å². The van der Waals surface area contributed by atoms with Crippen molar-refractivity contribution in [2.24, 2.45) is 0 Å². The fourth-order valence-electron chi connectivity index (χ4n) is 4.34. The van der Waals surface area contributed by atoms with Gasteiger partial charge in [0.2, 0.25) is 0 Å². The standard InChI is InChI=1S/C27H26ClFN2O4/c28-19-4-2-6-24(14-19)34-22-9-11-31(12-10-22)16-21(32)17-33-23-5-1-3-18(13-23)27-25-8-7-20(29)15-26(25)35-30-27/h1-8,13-15,21-22,32H,9-12,16-17H2/t21-/m1/s1. The molecule has 1 aromatic heterocycles. The molecule has 0 radical (unpaired) electrons. The van der Waals surface area contributed by atoms with Gasteiger partial charge in [0, 0.05) is 41.7 Å². The summed E-state index contributed by atoms with van der Waals surface area (Å²) in [5.74, 6) is 1.04. The zero-order valence-electron chi connectivity index (χ0n) is 19.1. The molecule has 0 spiro atoms. The fourth-order valence-corrected chi connectivity index (χ4v) is 4.52. The van der Waals surface area contributed by atoms with Crippen LogP contribution < -0.4 is 9.47 Å². The molecule has 0 bridgehead atoms. The Bertz CT molecular complexity index is 1290. The number of β-amino-alcohol motifs (C(OH)–C–C–N with tert-alkyl or cyclic N) is 1. The predicted molar refractivity (Wildman–Crippen MR) is 132 cm³/mol. The van der Waals surface area contributed by atoms with Gasteiger partial charge in [0.1, 0.15) is 41.8 Å². The van der Waals surface area contributed by atoms with Gasteiger partial charge in [-0.1, -0.05) is 35.0 Å². The molecule has 0 aliphatic carbocycles. The average Bonchev–Trinajstić information content (AvgIpc) is 3.27. The van der Waals surface area contributed by atoms with Crippen molar-refractivity contribution in [1.82, 2.24) is 10.1 Å². The number of ether oxygens (including phenoxy) is 2. The molecule has 1 atom stereocenters. The molecule has 8 heteroatoms. The number of aliphatic hydroxyl groups excluding tert-OH is 1. The molecule has 1 aliphatic rings. The van der Waals surface area contributed by atoms with Gasteiger partial charge >= 0.3 is 0 Å². The minimum atomic E-state index is -0.625. The molecular weight excluding hydrogens is 471 g/mol. The molecule has 4 aromatic rings. The number of aromatic nitrogens is 1. The van der Waals surface area contributed by atoms with Gasteiger partial charge in [-0.3, -0.25) is 0 Å². The smallest absolute Gasteiger partial charge is 0.170 e. The van der Waals surface area contributed by atoms with E-state index in [1.54, 1.807) is 6.07 Å². The number of halogens is 2. The Morgan fingerprint density at radius 2 is 1.86 bits per heavy atom. The van der Waals surface area contributed by atoms with Crippen LogP contribution in [0.25, 0.3) is 22.2 Å². The molecule has 0 amide bonds. The lowest BCUT2D eigenvalue weighted by atomic mass is 10.1. The molecule has 182 valence electrons. The molecule has 1 aliphatic heterocycles. The number of likely N-dealkylation sites (tertiary alicyclic amines) is 1. The van der Waals surface area contributed by atoms with E-state index in [1.165, 1.54) is 12.1 Å². The van der Waals surface area contributed by atoms with Gasteiger partial charge in [-0.15, -0.1) is 0 Å². The molecule has 0 saturated carbocycles. The van der Waals surface area contributed by atoms with Crippen LogP contribution in [0.5, 0.6) is 11.5 Å². The molecule has 3 aromatic carbocycles. The monoisotopic (exact) mass is 496 g/mol. The lowest BCUT2D eigenvalue weighted by Gasteiger charge is -2.33. The van der Waals surface area contributed by atoms with Crippen molar-refractivity contribution < 1.29 is 23.5 Å². The minimum Gasteiger partial charge on any atom is -0.491 e. The number of benzene rings is 3. The average molecular weight is 497 g/mol. The van der Waals surface area contributed by atoms with Crippen LogP contribution >= 0.6 is 11.6 Å². The normalized spacial score (nSPS) is 15.9. The van der Waals surface area contributed by atoms with Crippen molar-refractivity contribution in [1.29, 1.82) is 0 Å². The Morgan fingerprint density at radius 1 is 1.06 bits per heavy atom. The summed E-state index contributed by atoms with van der Waals surface area (Å²) < 4.78 is 30.6. The highest BCUT2D eigenvalue weighted by Crippen LogP contribution is 2.30. The van der Waals surface area contributed by atoms with E-state index in [4.69, 9.17) is 25.6 Å². The number of rotatable bonds is 8. The topological polar surface area (TPSA) is 68.0 Å². The SMILES string of the molecule is O[C@@H](COc1cccc(-c2noc3cc(F)ccc23)c1)CN1CCC(Oc2cccc(Cl)c2)CC1. The summed E-state index contributed by atoms with van der Waals surface area (Å²) in [5, 5.41) is 16.0. The van der Waals surface area contributed by atoms with E-state index in [1.807, 2.05) is 48.5 Å². The van der Waals surface area contributed by atoms with Crippen molar-refractivity contribution >= 4 is 22.6 Å². The van der Waals surface area contributed by atoms with Crippen molar-refractivity contribution in [3.05, 3.63) is 77.6 Å². The number of hydrogen-bond acceptors (Lipinski definition) is 6. The number of nitrogens with zero attached hydrogens (tertiary/aromatic N) is 2. The summed E-state index contributed by atoms with van der Waals surface area (Å²) in [7, 11) is 0. The van der Waals surface area contributed by atoms with E-state index in [9.17, 15) is 9.50 Å². The van der Waals surface area contributed by atoms with E-state index in [0.717, 1.165) is 42.6 Å². The molecular formula is C27H26ClFN2O4.